The maximum Gasteiger partial charge on any atom is 0.416 e. The fourth-order valence-corrected chi connectivity index (χ4v) is 2.69. The first kappa shape index (κ1) is 20.3. The van der Waals surface area contributed by atoms with Crippen molar-refractivity contribution < 1.29 is 27.4 Å². The van der Waals surface area contributed by atoms with E-state index in [-0.39, 0.29) is 5.69 Å². The molecule has 0 bridgehead atoms. The largest absolute Gasteiger partial charge is 0.497 e. The van der Waals surface area contributed by atoms with Gasteiger partial charge in [0.25, 0.3) is 5.91 Å². The average Bonchev–Trinajstić information content (AvgIpc) is 2.72. The number of hydrogen-bond donors (Lipinski definition) is 1. The Morgan fingerprint density at radius 2 is 1.59 bits per heavy atom. The summed E-state index contributed by atoms with van der Waals surface area (Å²) in [4.78, 5) is 12.9. The van der Waals surface area contributed by atoms with Crippen LogP contribution in [0.25, 0.3) is 0 Å². The molecule has 7 heteroatoms. The summed E-state index contributed by atoms with van der Waals surface area (Å²) >= 11 is 0. The van der Waals surface area contributed by atoms with Gasteiger partial charge in [0.05, 0.1) is 12.7 Å². The number of carbonyl (C=O) groups excluding carboxylic acids is 1. The van der Waals surface area contributed by atoms with Gasteiger partial charge in [0.15, 0.2) is 0 Å². The molecule has 3 rings (SSSR count). The predicted octanol–water partition coefficient (Wildman–Crippen LogP) is 5.47. The molecule has 0 aliphatic carbocycles. The molecule has 0 aliphatic heterocycles. The van der Waals surface area contributed by atoms with Crippen molar-refractivity contribution in [1.82, 2.24) is 0 Å². The highest BCUT2D eigenvalue weighted by atomic mass is 19.4. The second kappa shape index (κ2) is 8.68. The summed E-state index contributed by atoms with van der Waals surface area (Å²) in [7, 11) is 1.51. The van der Waals surface area contributed by atoms with E-state index in [9.17, 15) is 18.0 Å². The molecular weight excluding hydrogens is 383 g/mol. The molecule has 0 saturated heterocycles. The number of benzene rings is 3. The number of methoxy groups -OCH3 is 1. The quantitative estimate of drug-likeness (QED) is 0.596. The molecule has 0 aliphatic rings. The van der Waals surface area contributed by atoms with Gasteiger partial charge in [0, 0.05) is 17.3 Å². The first-order chi connectivity index (χ1) is 13.9. The highest BCUT2D eigenvalue weighted by Crippen LogP contribution is 2.31. The topological polar surface area (TPSA) is 47.6 Å². The van der Waals surface area contributed by atoms with Crippen LogP contribution in [-0.2, 0) is 11.0 Å². The Bertz CT molecular complexity index is 974. The van der Waals surface area contributed by atoms with Gasteiger partial charge >= 0.3 is 6.18 Å². The van der Waals surface area contributed by atoms with Crippen LogP contribution in [0.4, 0.5) is 18.9 Å². The minimum atomic E-state index is -4.50. The summed E-state index contributed by atoms with van der Waals surface area (Å²) in [5, 5.41) is 2.51. The Morgan fingerprint density at radius 1 is 0.897 bits per heavy atom. The van der Waals surface area contributed by atoms with Crippen LogP contribution in [0.1, 0.15) is 17.2 Å². The number of ether oxygens (including phenoxy) is 2. The van der Waals surface area contributed by atoms with Crippen LogP contribution in [0.3, 0.4) is 0 Å². The maximum absolute atomic E-state index is 12.9. The molecule has 3 aromatic rings. The van der Waals surface area contributed by atoms with E-state index in [1.807, 2.05) is 0 Å². The fourth-order valence-electron chi connectivity index (χ4n) is 2.69. The van der Waals surface area contributed by atoms with Crippen molar-refractivity contribution in [2.24, 2.45) is 0 Å². The van der Waals surface area contributed by atoms with E-state index in [2.05, 4.69) is 5.32 Å². The first-order valence-corrected chi connectivity index (χ1v) is 8.70. The standard InChI is InChI=1S/C22H18F3NO3/c1-28-18-11-6-12-19(14-18)29-20(15-7-3-2-4-8-15)21(27)26-17-10-5-9-16(13-17)22(23,24)25/h2-14,20H,1H3,(H,26,27)/t20-/m1/s1. The third-order valence-electron chi connectivity index (χ3n) is 4.09. The van der Waals surface area contributed by atoms with Crippen molar-refractivity contribution in [2.45, 2.75) is 12.3 Å². The van der Waals surface area contributed by atoms with Crippen molar-refractivity contribution in [1.29, 1.82) is 0 Å². The van der Waals surface area contributed by atoms with Crippen LogP contribution in [0.15, 0.2) is 78.9 Å². The molecule has 1 N–H and O–H groups in total. The number of hydrogen-bond acceptors (Lipinski definition) is 3. The zero-order valence-electron chi connectivity index (χ0n) is 15.4. The lowest BCUT2D eigenvalue weighted by molar-refractivity contribution is -0.137. The van der Waals surface area contributed by atoms with Crippen LogP contribution in [0, 0.1) is 0 Å². The number of nitrogens with one attached hydrogen (secondary N) is 1. The molecule has 150 valence electrons. The van der Waals surface area contributed by atoms with E-state index in [1.165, 1.54) is 19.2 Å². The minimum Gasteiger partial charge on any atom is -0.497 e. The predicted molar refractivity (Wildman–Crippen MR) is 103 cm³/mol. The van der Waals surface area contributed by atoms with Gasteiger partial charge in [-0.1, -0.05) is 42.5 Å². The maximum atomic E-state index is 12.9. The normalized spacial score (nSPS) is 12.1. The number of halogens is 3. The van der Waals surface area contributed by atoms with Gasteiger partial charge in [-0.2, -0.15) is 13.2 Å². The summed E-state index contributed by atoms with van der Waals surface area (Å²) in [5.41, 5.74) is -0.264. The average molecular weight is 401 g/mol. The van der Waals surface area contributed by atoms with Gasteiger partial charge in [-0.15, -0.1) is 0 Å². The lowest BCUT2D eigenvalue weighted by Crippen LogP contribution is -2.26. The minimum absolute atomic E-state index is 0.0278. The third kappa shape index (κ3) is 5.28. The molecule has 0 spiro atoms. The Kier molecular flexibility index (Phi) is 6.07. The lowest BCUT2D eigenvalue weighted by Gasteiger charge is -2.20. The molecule has 0 fully saturated rings. The summed E-state index contributed by atoms with van der Waals surface area (Å²) in [6, 6.07) is 19.9. The summed E-state index contributed by atoms with van der Waals surface area (Å²) in [6.45, 7) is 0. The second-order valence-corrected chi connectivity index (χ2v) is 6.16. The van der Waals surface area contributed by atoms with E-state index < -0.39 is 23.8 Å². The van der Waals surface area contributed by atoms with Crippen LogP contribution in [0.5, 0.6) is 11.5 Å². The van der Waals surface area contributed by atoms with E-state index in [0.717, 1.165) is 12.1 Å². The van der Waals surface area contributed by atoms with Crippen molar-refractivity contribution in [3.05, 3.63) is 90.0 Å². The molecule has 0 aromatic heterocycles. The van der Waals surface area contributed by atoms with Crippen LogP contribution >= 0.6 is 0 Å². The van der Waals surface area contributed by atoms with Crippen molar-refractivity contribution in [2.75, 3.05) is 12.4 Å². The molecule has 29 heavy (non-hydrogen) atoms. The van der Waals surface area contributed by atoms with E-state index in [1.54, 1.807) is 54.6 Å². The van der Waals surface area contributed by atoms with Crippen molar-refractivity contribution in [3.8, 4) is 11.5 Å². The Hall–Kier alpha value is -3.48. The van der Waals surface area contributed by atoms with Gasteiger partial charge < -0.3 is 14.8 Å². The van der Waals surface area contributed by atoms with Crippen LogP contribution in [0.2, 0.25) is 0 Å². The monoisotopic (exact) mass is 401 g/mol. The van der Waals surface area contributed by atoms with Gasteiger partial charge in [-0.3, -0.25) is 4.79 Å². The fraction of sp³-hybridized carbons (Fsp3) is 0.136. The van der Waals surface area contributed by atoms with Gasteiger partial charge in [0.1, 0.15) is 11.5 Å². The van der Waals surface area contributed by atoms with E-state index in [0.29, 0.717) is 17.1 Å². The Balaban J connectivity index is 1.87. The third-order valence-corrected chi connectivity index (χ3v) is 4.09. The molecule has 1 amide bonds. The second-order valence-electron chi connectivity index (χ2n) is 6.16. The van der Waals surface area contributed by atoms with E-state index in [4.69, 9.17) is 9.47 Å². The molecule has 3 aromatic carbocycles. The first-order valence-electron chi connectivity index (χ1n) is 8.70. The number of rotatable bonds is 6. The van der Waals surface area contributed by atoms with Crippen LogP contribution < -0.4 is 14.8 Å². The van der Waals surface area contributed by atoms with Crippen molar-refractivity contribution in [3.63, 3.8) is 0 Å². The van der Waals surface area contributed by atoms with Gasteiger partial charge in [-0.25, -0.2) is 0 Å². The summed E-state index contributed by atoms with van der Waals surface area (Å²) in [5.74, 6) is 0.336. The smallest absolute Gasteiger partial charge is 0.416 e. The molecule has 0 unspecified atom stereocenters. The van der Waals surface area contributed by atoms with Gasteiger partial charge in [0.2, 0.25) is 6.10 Å². The van der Waals surface area contributed by atoms with Gasteiger partial charge in [-0.05, 0) is 30.3 Å². The van der Waals surface area contributed by atoms with Crippen molar-refractivity contribution >= 4 is 11.6 Å². The SMILES string of the molecule is COc1cccc(O[C@@H](C(=O)Nc2cccc(C(F)(F)F)c2)c2ccccc2)c1. The lowest BCUT2D eigenvalue weighted by atomic mass is 10.1. The van der Waals surface area contributed by atoms with Crippen LogP contribution in [-0.4, -0.2) is 13.0 Å². The Morgan fingerprint density at radius 3 is 2.28 bits per heavy atom. The molecule has 0 radical (unpaired) electrons. The number of alkyl halides is 3. The van der Waals surface area contributed by atoms with E-state index >= 15 is 0 Å². The highest BCUT2D eigenvalue weighted by molar-refractivity contribution is 5.95. The molecule has 0 saturated carbocycles. The number of anilines is 1. The summed E-state index contributed by atoms with van der Waals surface area (Å²) in [6.07, 6.45) is -5.57. The summed E-state index contributed by atoms with van der Waals surface area (Å²) < 4.78 is 49.8. The zero-order valence-corrected chi connectivity index (χ0v) is 15.4. The molecule has 4 nitrogen and oxygen atoms in total. The zero-order chi connectivity index (χ0) is 20.9. The number of amides is 1. The molecular formula is C22H18F3NO3. The number of carbonyl (C=O) groups is 1. The molecule has 1 atom stereocenters. The molecule has 0 heterocycles. The highest BCUT2D eigenvalue weighted by Gasteiger charge is 2.31. The Labute approximate surface area is 165 Å².